The van der Waals surface area contributed by atoms with Crippen molar-refractivity contribution in [1.29, 1.82) is 0 Å². The van der Waals surface area contributed by atoms with Crippen molar-refractivity contribution in [3.8, 4) is 5.75 Å². The molecule has 2 aromatic rings. The van der Waals surface area contributed by atoms with Crippen molar-refractivity contribution in [3.63, 3.8) is 0 Å². The highest BCUT2D eigenvalue weighted by Gasteiger charge is 2.09. The number of ether oxygens (including phenoxy) is 2. The lowest BCUT2D eigenvalue weighted by Crippen LogP contribution is -2.29. The van der Waals surface area contributed by atoms with Gasteiger partial charge in [0, 0.05) is 12.2 Å². The molecule has 0 aliphatic carbocycles. The summed E-state index contributed by atoms with van der Waals surface area (Å²) in [5.41, 5.74) is 3.62. The molecule has 6 heteroatoms. The third-order valence-corrected chi connectivity index (χ3v) is 4.39. The number of esters is 1. The number of nitrogens with one attached hydrogen (secondary N) is 2. The normalized spacial score (nSPS) is 10.2. The second kappa shape index (κ2) is 11.3. The summed E-state index contributed by atoms with van der Waals surface area (Å²) in [6.07, 6.45) is 1.94. The first kappa shape index (κ1) is 21.7. The molecule has 0 heterocycles. The van der Waals surface area contributed by atoms with Gasteiger partial charge in [0.1, 0.15) is 5.75 Å². The van der Waals surface area contributed by atoms with Crippen LogP contribution in [0.25, 0.3) is 0 Å². The number of aryl methyl sites for hydroxylation is 2. The summed E-state index contributed by atoms with van der Waals surface area (Å²) in [7, 11) is 0. The first-order chi connectivity index (χ1) is 13.5. The van der Waals surface area contributed by atoms with Crippen LogP contribution in [0.15, 0.2) is 42.5 Å². The smallest absolute Gasteiger partial charge is 0.338 e. The van der Waals surface area contributed by atoms with Crippen molar-refractivity contribution in [2.75, 3.05) is 25.1 Å². The Morgan fingerprint density at radius 2 is 1.82 bits per heavy atom. The van der Waals surface area contributed by atoms with Gasteiger partial charge < -0.3 is 20.1 Å². The molecule has 0 spiro atoms. The van der Waals surface area contributed by atoms with Gasteiger partial charge in [-0.2, -0.15) is 0 Å². The number of thiocarbonyl (C=S) groups is 1. The average Bonchev–Trinajstić information content (AvgIpc) is 2.68. The van der Waals surface area contributed by atoms with E-state index < -0.39 is 0 Å². The third kappa shape index (κ3) is 6.85. The molecule has 150 valence electrons. The molecule has 2 rings (SSSR count). The highest BCUT2D eigenvalue weighted by Crippen LogP contribution is 2.17. The zero-order chi connectivity index (χ0) is 20.4. The standard InChI is InChI=1S/C22H28N2O3S/c1-4-26-19-11-8-17(9-12-19)7-6-14-23-22(28)24-20-13-10-18(15-16(20)3)21(25)27-5-2/h8-13,15H,4-7,14H2,1-3H3,(H2,23,24,28). The molecule has 0 saturated heterocycles. The molecule has 0 fully saturated rings. The first-order valence-corrected chi connectivity index (χ1v) is 9.98. The van der Waals surface area contributed by atoms with Crippen LogP contribution >= 0.6 is 12.2 Å². The van der Waals surface area contributed by atoms with Gasteiger partial charge in [0.25, 0.3) is 0 Å². The fraction of sp³-hybridized carbons (Fsp3) is 0.364. The number of carbonyl (C=O) groups is 1. The average molecular weight is 401 g/mol. The largest absolute Gasteiger partial charge is 0.494 e. The van der Waals surface area contributed by atoms with E-state index in [-0.39, 0.29) is 5.97 Å². The van der Waals surface area contributed by atoms with Crippen molar-refractivity contribution in [1.82, 2.24) is 5.32 Å². The SMILES string of the molecule is CCOC(=O)c1ccc(NC(=S)NCCCc2ccc(OCC)cc2)c(C)c1. The fourth-order valence-electron chi connectivity index (χ4n) is 2.73. The van der Waals surface area contributed by atoms with Crippen molar-refractivity contribution >= 4 is 29.0 Å². The van der Waals surface area contributed by atoms with Gasteiger partial charge in [-0.3, -0.25) is 0 Å². The lowest BCUT2D eigenvalue weighted by Gasteiger charge is -2.13. The topological polar surface area (TPSA) is 59.6 Å². The molecule has 28 heavy (non-hydrogen) atoms. The Morgan fingerprint density at radius 3 is 2.46 bits per heavy atom. The minimum absolute atomic E-state index is 0.313. The molecule has 0 bridgehead atoms. The molecule has 0 saturated carbocycles. The van der Waals surface area contributed by atoms with E-state index in [1.165, 1.54) is 5.56 Å². The molecular formula is C22H28N2O3S. The summed E-state index contributed by atoms with van der Waals surface area (Å²) in [5.74, 6) is 0.589. The van der Waals surface area contributed by atoms with Crippen LogP contribution in [0.3, 0.4) is 0 Å². The van der Waals surface area contributed by atoms with E-state index in [1.54, 1.807) is 19.1 Å². The summed E-state index contributed by atoms with van der Waals surface area (Å²) in [6, 6.07) is 13.6. The molecular weight excluding hydrogens is 372 g/mol. The van der Waals surface area contributed by atoms with Crippen LogP contribution in [0.4, 0.5) is 5.69 Å². The van der Waals surface area contributed by atoms with Gasteiger partial charge >= 0.3 is 5.97 Å². The van der Waals surface area contributed by atoms with Gasteiger partial charge in [-0.25, -0.2) is 4.79 Å². The third-order valence-electron chi connectivity index (χ3n) is 4.15. The van der Waals surface area contributed by atoms with E-state index in [4.69, 9.17) is 21.7 Å². The number of hydrogen-bond donors (Lipinski definition) is 2. The summed E-state index contributed by atoms with van der Waals surface area (Å²) in [4.78, 5) is 11.8. The minimum atomic E-state index is -0.313. The van der Waals surface area contributed by atoms with Gasteiger partial charge in [0.15, 0.2) is 5.11 Å². The van der Waals surface area contributed by atoms with Crippen LogP contribution in [0.5, 0.6) is 5.75 Å². The molecule has 0 aliphatic rings. The van der Waals surface area contributed by atoms with E-state index >= 15 is 0 Å². The molecule has 0 amide bonds. The first-order valence-electron chi connectivity index (χ1n) is 9.57. The Morgan fingerprint density at radius 1 is 1.07 bits per heavy atom. The maximum atomic E-state index is 11.8. The zero-order valence-electron chi connectivity index (χ0n) is 16.7. The summed E-state index contributed by atoms with van der Waals surface area (Å²) in [6.45, 7) is 7.52. The van der Waals surface area contributed by atoms with Gasteiger partial charge in [0.05, 0.1) is 18.8 Å². The predicted molar refractivity (Wildman–Crippen MR) is 117 cm³/mol. The van der Waals surface area contributed by atoms with Crippen molar-refractivity contribution in [2.45, 2.75) is 33.6 Å². The van der Waals surface area contributed by atoms with Crippen LogP contribution in [-0.2, 0) is 11.2 Å². The van der Waals surface area contributed by atoms with Crippen molar-refractivity contribution in [3.05, 3.63) is 59.2 Å². The number of anilines is 1. The number of rotatable bonds is 9. The van der Waals surface area contributed by atoms with Crippen LogP contribution < -0.4 is 15.4 Å². The van der Waals surface area contributed by atoms with Gasteiger partial charge in [0.2, 0.25) is 0 Å². The number of hydrogen-bond acceptors (Lipinski definition) is 4. The molecule has 2 aromatic carbocycles. The maximum Gasteiger partial charge on any atom is 0.338 e. The predicted octanol–water partition coefficient (Wildman–Crippen LogP) is 4.49. The number of carbonyl (C=O) groups excluding carboxylic acids is 1. The van der Waals surface area contributed by atoms with E-state index in [1.807, 2.05) is 32.0 Å². The lowest BCUT2D eigenvalue weighted by molar-refractivity contribution is 0.0526. The van der Waals surface area contributed by atoms with Crippen LogP contribution in [0, 0.1) is 6.92 Å². The van der Waals surface area contributed by atoms with Crippen LogP contribution in [0.2, 0.25) is 0 Å². The monoisotopic (exact) mass is 400 g/mol. The summed E-state index contributed by atoms with van der Waals surface area (Å²) >= 11 is 5.37. The zero-order valence-corrected chi connectivity index (χ0v) is 17.5. The Balaban J connectivity index is 1.75. The summed E-state index contributed by atoms with van der Waals surface area (Å²) in [5, 5.41) is 6.97. The molecule has 5 nitrogen and oxygen atoms in total. The van der Waals surface area contributed by atoms with E-state index in [2.05, 4.69) is 22.8 Å². The molecule has 0 aromatic heterocycles. The lowest BCUT2D eigenvalue weighted by atomic mass is 10.1. The highest BCUT2D eigenvalue weighted by molar-refractivity contribution is 7.80. The summed E-state index contributed by atoms with van der Waals surface area (Å²) < 4.78 is 10.5. The second-order valence-corrected chi connectivity index (χ2v) is 6.72. The second-order valence-electron chi connectivity index (χ2n) is 6.31. The fourth-order valence-corrected chi connectivity index (χ4v) is 2.94. The molecule has 0 unspecified atom stereocenters. The van der Waals surface area contributed by atoms with Crippen molar-refractivity contribution in [2.24, 2.45) is 0 Å². The van der Waals surface area contributed by atoms with Crippen LogP contribution in [-0.4, -0.2) is 30.8 Å². The van der Waals surface area contributed by atoms with Gasteiger partial charge in [-0.05, 0) is 87.3 Å². The number of benzene rings is 2. The Kier molecular flexibility index (Phi) is 8.75. The molecule has 0 radical (unpaired) electrons. The van der Waals surface area contributed by atoms with Crippen LogP contribution in [0.1, 0.15) is 41.8 Å². The Labute approximate surface area is 172 Å². The van der Waals surface area contributed by atoms with E-state index in [0.717, 1.165) is 36.4 Å². The van der Waals surface area contributed by atoms with Gasteiger partial charge in [-0.15, -0.1) is 0 Å². The maximum absolute atomic E-state index is 11.8. The van der Waals surface area contributed by atoms with E-state index in [9.17, 15) is 4.79 Å². The Bertz CT molecular complexity index is 791. The van der Waals surface area contributed by atoms with Crippen molar-refractivity contribution < 1.29 is 14.3 Å². The molecule has 2 N–H and O–H groups in total. The minimum Gasteiger partial charge on any atom is -0.494 e. The molecule has 0 atom stereocenters. The van der Waals surface area contributed by atoms with Gasteiger partial charge in [-0.1, -0.05) is 12.1 Å². The Hall–Kier alpha value is -2.60. The highest BCUT2D eigenvalue weighted by atomic mass is 32.1. The quantitative estimate of drug-likeness (QED) is 0.367. The van der Waals surface area contributed by atoms with E-state index in [0.29, 0.717) is 23.9 Å². The molecule has 0 aliphatic heterocycles.